The number of nitrogens with zero attached hydrogens (tertiary/aromatic N) is 1. The van der Waals surface area contributed by atoms with Crippen molar-refractivity contribution < 1.29 is 28.2 Å². The third-order valence-corrected chi connectivity index (χ3v) is 4.52. The molecule has 0 unspecified atom stereocenters. The highest BCUT2D eigenvalue weighted by atomic mass is 19.1. The fourth-order valence-electron chi connectivity index (χ4n) is 2.99. The maximum absolute atomic E-state index is 13.7. The molecule has 164 valence electrons. The lowest BCUT2D eigenvalue weighted by molar-refractivity contribution is -0.125. The van der Waals surface area contributed by atoms with Crippen LogP contribution in [0.15, 0.2) is 54.7 Å². The normalized spacial score (nSPS) is 20.2. The molecule has 1 aromatic carbocycles. The number of benzene rings is 1. The molecule has 0 saturated carbocycles. The first-order chi connectivity index (χ1) is 14.9. The van der Waals surface area contributed by atoms with Crippen molar-refractivity contribution in [1.29, 1.82) is 0 Å². The van der Waals surface area contributed by atoms with Crippen molar-refractivity contribution in [3.05, 3.63) is 72.1 Å². The summed E-state index contributed by atoms with van der Waals surface area (Å²) < 4.78 is 32.6. The summed E-state index contributed by atoms with van der Waals surface area (Å²) in [7, 11) is 0. The molecule has 31 heavy (non-hydrogen) atoms. The van der Waals surface area contributed by atoms with Crippen LogP contribution >= 0.6 is 0 Å². The van der Waals surface area contributed by atoms with E-state index < -0.39 is 42.5 Å². The number of hydrogen-bond acceptors (Lipinski definition) is 5. The van der Waals surface area contributed by atoms with Gasteiger partial charge >= 0.3 is 6.03 Å². The lowest BCUT2D eigenvalue weighted by Gasteiger charge is -2.31. The number of hydrogen-bond donors (Lipinski definition) is 4. The van der Waals surface area contributed by atoms with Gasteiger partial charge in [0.15, 0.2) is 0 Å². The number of carbonyl (C=O) groups is 2. The zero-order valence-electron chi connectivity index (χ0n) is 16.4. The van der Waals surface area contributed by atoms with E-state index in [1.165, 1.54) is 0 Å². The molecule has 0 bridgehead atoms. The Bertz CT molecular complexity index is 942. The molecule has 2 aromatic rings. The van der Waals surface area contributed by atoms with Crippen molar-refractivity contribution >= 4 is 17.6 Å². The Balaban J connectivity index is 1.51. The number of nitrogens with one attached hydrogen (secondary N) is 3. The van der Waals surface area contributed by atoms with E-state index in [0.717, 1.165) is 18.2 Å². The van der Waals surface area contributed by atoms with Crippen LogP contribution < -0.4 is 16.0 Å². The molecule has 1 aromatic heterocycles. The smallest absolute Gasteiger partial charge is 0.319 e. The molecule has 8 nitrogen and oxygen atoms in total. The fourth-order valence-corrected chi connectivity index (χ4v) is 2.99. The number of amides is 3. The molecule has 10 heteroatoms. The van der Waals surface area contributed by atoms with E-state index in [-0.39, 0.29) is 24.6 Å². The number of rotatable bonds is 7. The molecule has 2 heterocycles. The van der Waals surface area contributed by atoms with Gasteiger partial charge in [0, 0.05) is 12.3 Å². The predicted octanol–water partition coefficient (Wildman–Crippen LogP) is 1.87. The lowest BCUT2D eigenvalue weighted by atomic mass is 10.0. The zero-order chi connectivity index (χ0) is 22.2. The fraction of sp³-hybridized carbons (Fsp3) is 0.286. The van der Waals surface area contributed by atoms with Crippen LogP contribution in [0.4, 0.5) is 19.3 Å². The molecule has 0 spiro atoms. The van der Waals surface area contributed by atoms with Crippen molar-refractivity contribution in [2.45, 2.75) is 31.2 Å². The first kappa shape index (κ1) is 22.3. The Labute approximate surface area is 177 Å². The van der Waals surface area contributed by atoms with Crippen molar-refractivity contribution in [2.24, 2.45) is 0 Å². The van der Waals surface area contributed by atoms with Crippen molar-refractivity contribution in [3.8, 4) is 0 Å². The number of aromatic nitrogens is 1. The van der Waals surface area contributed by atoms with Crippen LogP contribution in [0.5, 0.6) is 0 Å². The molecular weight excluding hydrogens is 410 g/mol. The summed E-state index contributed by atoms with van der Waals surface area (Å²) in [6.07, 6.45) is 3.42. The molecule has 0 aliphatic carbocycles. The van der Waals surface area contributed by atoms with E-state index in [2.05, 4.69) is 20.9 Å². The maximum atomic E-state index is 13.7. The molecule has 3 amide bonds. The standard InChI is InChI=1S/C21H22F2N4O4/c22-13-4-6-16(23)18(9-13)27-21(30)26-17-7-5-15(31-19(17)12-28)10-20(29)25-11-14-3-1-2-8-24-14/h1-9,15,17,19,28H,10-12H2,(H,25,29)(H2,26,27,30)/t15-,17+,19-/m1/s1. The molecule has 1 aliphatic rings. The molecule has 0 fully saturated rings. The van der Waals surface area contributed by atoms with Gasteiger partial charge in [-0.15, -0.1) is 0 Å². The van der Waals surface area contributed by atoms with Gasteiger partial charge in [-0.05, 0) is 24.3 Å². The number of aliphatic hydroxyl groups excluding tert-OH is 1. The van der Waals surface area contributed by atoms with Crippen LogP contribution in [0.1, 0.15) is 12.1 Å². The maximum Gasteiger partial charge on any atom is 0.319 e. The van der Waals surface area contributed by atoms with Crippen LogP contribution in [0.2, 0.25) is 0 Å². The third kappa shape index (κ3) is 6.56. The Kier molecular flexibility index (Phi) is 7.63. The topological polar surface area (TPSA) is 113 Å². The first-order valence-corrected chi connectivity index (χ1v) is 9.58. The second-order valence-corrected chi connectivity index (χ2v) is 6.83. The van der Waals surface area contributed by atoms with Gasteiger partial charge in [0.25, 0.3) is 0 Å². The van der Waals surface area contributed by atoms with E-state index in [0.29, 0.717) is 5.69 Å². The van der Waals surface area contributed by atoms with Gasteiger partial charge in [-0.1, -0.05) is 18.2 Å². The quantitative estimate of drug-likeness (QED) is 0.499. The summed E-state index contributed by atoms with van der Waals surface area (Å²) in [5.74, 6) is -1.75. The Hall–Kier alpha value is -3.37. The van der Waals surface area contributed by atoms with Crippen LogP contribution in [-0.4, -0.2) is 46.9 Å². The summed E-state index contributed by atoms with van der Waals surface area (Å²) in [6.45, 7) is -0.143. The van der Waals surface area contributed by atoms with Gasteiger partial charge in [-0.25, -0.2) is 13.6 Å². The Morgan fingerprint density at radius 3 is 2.74 bits per heavy atom. The van der Waals surface area contributed by atoms with Gasteiger partial charge < -0.3 is 25.8 Å². The van der Waals surface area contributed by atoms with E-state index in [9.17, 15) is 23.5 Å². The molecule has 3 atom stereocenters. The summed E-state index contributed by atoms with van der Waals surface area (Å²) >= 11 is 0. The highest BCUT2D eigenvalue weighted by Crippen LogP contribution is 2.18. The van der Waals surface area contributed by atoms with E-state index >= 15 is 0 Å². The average Bonchev–Trinajstić information content (AvgIpc) is 2.76. The average molecular weight is 432 g/mol. The van der Waals surface area contributed by atoms with Gasteiger partial charge in [-0.2, -0.15) is 0 Å². The number of ether oxygens (including phenoxy) is 1. The molecular formula is C21H22F2N4O4. The van der Waals surface area contributed by atoms with Gasteiger partial charge in [0.2, 0.25) is 5.91 Å². The van der Waals surface area contributed by atoms with Crippen molar-refractivity contribution in [3.63, 3.8) is 0 Å². The minimum atomic E-state index is -0.818. The number of pyridine rings is 1. The van der Waals surface area contributed by atoms with E-state index in [1.54, 1.807) is 30.5 Å². The van der Waals surface area contributed by atoms with Crippen LogP contribution in [0, 0.1) is 11.6 Å². The van der Waals surface area contributed by atoms with E-state index in [4.69, 9.17) is 4.74 Å². The Morgan fingerprint density at radius 1 is 1.16 bits per heavy atom. The number of halogens is 2. The summed E-state index contributed by atoms with van der Waals surface area (Å²) in [6, 6.07) is 6.54. The molecule has 3 rings (SSSR count). The SMILES string of the molecule is O=C(C[C@H]1C=C[C@H](NC(=O)Nc2cc(F)ccc2F)[C@@H](CO)O1)NCc1ccccn1. The van der Waals surface area contributed by atoms with Crippen LogP contribution in [0.25, 0.3) is 0 Å². The first-order valence-electron chi connectivity index (χ1n) is 9.58. The van der Waals surface area contributed by atoms with Crippen LogP contribution in [-0.2, 0) is 16.1 Å². The second-order valence-electron chi connectivity index (χ2n) is 6.83. The lowest BCUT2D eigenvalue weighted by Crippen LogP contribution is -2.50. The third-order valence-electron chi connectivity index (χ3n) is 4.52. The zero-order valence-corrected chi connectivity index (χ0v) is 16.4. The number of urea groups is 1. The number of carbonyl (C=O) groups excluding carboxylic acids is 2. The molecule has 4 N–H and O–H groups in total. The highest BCUT2D eigenvalue weighted by molar-refractivity contribution is 5.89. The predicted molar refractivity (Wildman–Crippen MR) is 108 cm³/mol. The van der Waals surface area contributed by atoms with Gasteiger partial charge in [0.1, 0.15) is 17.7 Å². The number of aliphatic hydroxyl groups is 1. The Morgan fingerprint density at radius 2 is 2.00 bits per heavy atom. The van der Waals surface area contributed by atoms with Gasteiger partial charge in [0.05, 0.1) is 43.1 Å². The molecule has 1 aliphatic heterocycles. The van der Waals surface area contributed by atoms with Crippen LogP contribution in [0.3, 0.4) is 0 Å². The molecule has 0 radical (unpaired) electrons. The monoisotopic (exact) mass is 432 g/mol. The van der Waals surface area contributed by atoms with Crippen molar-refractivity contribution in [1.82, 2.24) is 15.6 Å². The highest BCUT2D eigenvalue weighted by Gasteiger charge is 2.29. The largest absolute Gasteiger partial charge is 0.394 e. The summed E-state index contributed by atoms with van der Waals surface area (Å²) in [5.41, 5.74) is 0.399. The summed E-state index contributed by atoms with van der Waals surface area (Å²) in [4.78, 5) is 28.4. The summed E-state index contributed by atoms with van der Waals surface area (Å²) in [5, 5.41) is 17.1. The second kappa shape index (κ2) is 10.6. The van der Waals surface area contributed by atoms with E-state index in [1.807, 2.05) is 6.07 Å². The van der Waals surface area contributed by atoms with Crippen molar-refractivity contribution in [2.75, 3.05) is 11.9 Å². The van der Waals surface area contributed by atoms with Gasteiger partial charge in [-0.3, -0.25) is 9.78 Å². The number of anilines is 1. The minimum absolute atomic E-state index is 0.0211. The molecule has 0 saturated heterocycles. The minimum Gasteiger partial charge on any atom is -0.394 e.